The van der Waals surface area contributed by atoms with Crippen LogP contribution in [0.15, 0.2) is 29.2 Å². The molecule has 1 aromatic carbocycles. The molecule has 10 heteroatoms. The summed E-state index contributed by atoms with van der Waals surface area (Å²) in [4.78, 5) is 24.2. The van der Waals surface area contributed by atoms with Crippen LogP contribution < -0.4 is 5.32 Å². The summed E-state index contributed by atoms with van der Waals surface area (Å²) in [5, 5.41) is 13.6. The third-order valence-corrected chi connectivity index (χ3v) is 6.03. The first-order chi connectivity index (χ1) is 12.5. The molecule has 0 aromatic heterocycles. The quantitative estimate of drug-likeness (QED) is 0.589. The van der Waals surface area contributed by atoms with Gasteiger partial charge in [-0.25, -0.2) is 8.42 Å². The molecular weight excluding hydrogens is 372 g/mol. The number of hydrogen-bond donors (Lipinski definition) is 1. The van der Waals surface area contributed by atoms with E-state index in [0.29, 0.717) is 26.1 Å². The van der Waals surface area contributed by atoms with Gasteiger partial charge in [0.25, 0.3) is 5.69 Å². The Morgan fingerprint density at radius 1 is 1.15 bits per heavy atom. The summed E-state index contributed by atoms with van der Waals surface area (Å²) < 4.78 is 27.0. The summed E-state index contributed by atoms with van der Waals surface area (Å²) in [6.45, 7) is 7.64. The second kappa shape index (κ2) is 8.32. The van der Waals surface area contributed by atoms with Crippen molar-refractivity contribution in [2.24, 2.45) is 0 Å². The third-order valence-electron chi connectivity index (χ3n) is 4.11. The van der Waals surface area contributed by atoms with Crippen molar-refractivity contribution in [3.8, 4) is 0 Å². The van der Waals surface area contributed by atoms with Crippen LogP contribution in [0.5, 0.6) is 0 Å². The lowest BCUT2D eigenvalue weighted by atomic mass is 10.1. The molecule has 0 radical (unpaired) electrons. The predicted molar refractivity (Wildman–Crippen MR) is 101 cm³/mol. The molecule has 1 saturated heterocycles. The first-order valence-electron chi connectivity index (χ1n) is 8.77. The smallest absolute Gasteiger partial charge is 0.269 e. The van der Waals surface area contributed by atoms with Crippen LogP contribution in [0, 0.1) is 10.1 Å². The molecule has 2 rings (SSSR count). The van der Waals surface area contributed by atoms with E-state index in [1.165, 1.54) is 28.6 Å². The van der Waals surface area contributed by atoms with Gasteiger partial charge in [-0.05, 0) is 45.9 Å². The van der Waals surface area contributed by atoms with Gasteiger partial charge in [0.2, 0.25) is 15.9 Å². The number of benzene rings is 1. The Balaban J connectivity index is 2.02. The van der Waals surface area contributed by atoms with Gasteiger partial charge in [-0.1, -0.05) is 0 Å². The average molecular weight is 398 g/mol. The lowest BCUT2D eigenvalue weighted by Gasteiger charge is -2.25. The highest BCUT2D eigenvalue weighted by Gasteiger charge is 2.28. The summed E-state index contributed by atoms with van der Waals surface area (Å²) in [5.74, 6) is -0.0887. The monoisotopic (exact) mass is 398 g/mol. The summed E-state index contributed by atoms with van der Waals surface area (Å²) in [5.41, 5.74) is -0.463. The van der Waals surface area contributed by atoms with Crippen LogP contribution in [-0.4, -0.2) is 66.7 Å². The van der Waals surface area contributed by atoms with E-state index in [1.54, 1.807) is 0 Å². The number of carbonyl (C=O) groups excluding carboxylic acids is 1. The number of non-ortho nitro benzene ring substituents is 1. The molecule has 1 amide bonds. The maximum absolute atomic E-state index is 12.8. The SMILES string of the molecule is CC(C)(C)NC(=O)CN1CCCN(S(=O)(=O)c2ccc([N+](=O)[O-])cc2)CC1. The lowest BCUT2D eigenvalue weighted by Crippen LogP contribution is -2.46. The van der Waals surface area contributed by atoms with Gasteiger partial charge in [-0.3, -0.25) is 19.8 Å². The zero-order chi connectivity index (χ0) is 20.2. The van der Waals surface area contributed by atoms with E-state index in [2.05, 4.69) is 5.32 Å². The van der Waals surface area contributed by atoms with Gasteiger partial charge in [-0.2, -0.15) is 4.31 Å². The Morgan fingerprint density at radius 2 is 1.78 bits per heavy atom. The second-order valence-electron chi connectivity index (χ2n) is 7.58. The van der Waals surface area contributed by atoms with Crippen LogP contribution >= 0.6 is 0 Å². The van der Waals surface area contributed by atoms with Crippen LogP contribution in [0.4, 0.5) is 5.69 Å². The van der Waals surface area contributed by atoms with Gasteiger partial charge < -0.3 is 5.32 Å². The maximum Gasteiger partial charge on any atom is 0.269 e. The minimum absolute atomic E-state index is 0.0343. The highest BCUT2D eigenvalue weighted by Crippen LogP contribution is 2.20. The minimum Gasteiger partial charge on any atom is -0.350 e. The number of rotatable bonds is 5. The number of nitrogens with one attached hydrogen (secondary N) is 1. The van der Waals surface area contributed by atoms with E-state index in [0.717, 1.165) is 0 Å². The Hall–Kier alpha value is -2.04. The van der Waals surface area contributed by atoms with E-state index in [1.807, 2.05) is 25.7 Å². The van der Waals surface area contributed by atoms with Gasteiger partial charge in [0.15, 0.2) is 0 Å². The molecule has 0 spiro atoms. The Morgan fingerprint density at radius 3 is 2.33 bits per heavy atom. The van der Waals surface area contributed by atoms with Gasteiger partial charge in [-0.15, -0.1) is 0 Å². The summed E-state index contributed by atoms with van der Waals surface area (Å²) in [6.07, 6.45) is 0.606. The number of nitro groups is 1. The first-order valence-corrected chi connectivity index (χ1v) is 10.2. The van der Waals surface area contributed by atoms with Gasteiger partial charge in [0.05, 0.1) is 16.4 Å². The highest BCUT2D eigenvalue weighted by atomic mass is 32.2. The summed E-state index contributed by atoms with van der Waals surface area (Å²) in [6, 6.07) is 4.89. The van der Waals surface area contributed by atoms with Gasteiger partial charge >= 0.3 is 0 Å². The molecule has 0 atom stereocenters. The Kier molecular flexibility index (Phi) is 6.55. The van der Waals surface area contributed by atoms with Gasteiger partial charge in [0, 0.05) is 37.3 Å². The molecule has 0 saturated carbocycles. The van der Waals surface area contributed by atoms with Crippen molar-refractivity contribution in [1.82, 2.24) is 14.5 Å². The molecule has 1 heterocycles. The fourth-order valence-corrected chi connectivity index (χ4v) is 4.37. The predicted octanol–water partition coefficient (Wildman–Crippen LogP) is 1.21. The molecule has 0 bridgehead atoms. The van der Waals surface area contributed by atoms with E-state index in [9.17, 15) is 23.3 Å². The van der Waals surface area contributed by atoms with Crippen molar-refractivity contribution >= 4 is 21.6 Å². The van der Waals surface area contributed by atoms with Crippen LogP contribution in [0.1, 0.15) is 27.2 Å². The number of carbonyl (C=O) groups is 1. The van der Waals surface area contributed by atoms with E-state index in [-0.39, 0.29) is 35.1 Å². The van der Waals surface area contributed by atoms with Crippen LogP contribution in [0.2, 0.25) is 0 Å². The molecule has 27 heavy (non-hydrogen) atoms. The van der Waals surface area contributed by atoms with E-state index < -0.39 is 14.9 Å². The second-order valence-corrected chi connectivity index (χ2v) is 9.52. The standard InChI is InChI=1S/C17H26N4O5S/c1-17(2,3)18-16(22)13-19-9-4-10-20(12-11-19)27(25,26)15-7-5-14(6-8-15)21(23)24/h5-8H,4,9-13H2,1-3H3,(H,18,22). The molecule has 1 fully saturated rings. The maximum atomic E-state index is 12.8. The lowest BCUT2D eigenvalue weighted by molar-refractivity contribution is -0.384. The summed E-state index contributed by atoms with van der Waals surface area (Å²) >= 11 is 0. The fraction of sp³-hybridized carbons (Fsp3) is 0.588. The normalized spacial score (nSPS) is 17.3. The number of sulfonamides is 1. The van der Waals surface area contributed by atoms with Crippen molar-refractivity contribution in [3.05, 3.63) is 34.4 Å². The molecule has 1 aliphatic rings. The molecule has 0 aliphatic carbocycles. The molecular formula is C17H26N4O5S. The topological polar surface area (TPSA) is 113 Å². The van der Waals surface area contributed by atoms with Crippen LogP contribution in [-0.2, 0) is 14.8 Å². The zero-order valence-electron chi connectivity index (χ0n) is 15.8. The number of amides is 1. The highest BCUT2D eigenvalue weighted by molar-refractivity contribution is 7.89. The van der Waals surface area contributed by atoms with Crippen molar-refractivity contribution < 1.29 is 18.1 Å². The van der Waals surface area contributed by atoms with Crippen LogP contribution in [0.25, 0.3) is 0 Å². The number of nitrogens with zero attached hydrogens (tertiary/aromatic N) is 3. The molecule has 150 valence electrons. The average Bonchev–Trinajstić information content (AvgIpc) is 2.79. The molecule has 0 unspecified atom stereocenters. The molecule has 1 aliphatic heterocycles. The number of nitro benzene ring substituents is 1. The number of hydrogen-bond acceptors (Lipinski definition) is 6. The van der Waals surface area contributed by atoms with Crippen molar-refractivity contribution in [3.63, 3.8) is 0 Å². The third kappa shape index (κ3) is 5.98. The Bertz CT molecular complexity index is 787. The minimum atomic E-state index is -3.73. The van der Waals surface area contributed by atoms with Crippen LogP contribution in [0.3, 0.4) is 0 Å². The molecule has 1 N–H and O–H groups in total. The van der Waals surface area contributed by atoms with Crippen molar-refractivity contribution in [2.75, 3.05) is 32.7 Å². The van der Waals surface area contributed by atoms with Crippen molar-refractivity contribution in [2.45, 2.75) is 37.6 Å². The molecule has 9 nitrogen and oxygen atoms in total. The Labute approximate surface area is 159 Å². The largest absolute Gasteiger partial charge is 0.350 e. The van der Waals surface area contributed by atoms with E-state index in [4.69, 9.17) is 0 Å². The summed E-state index contributed by atoms with van der Waals surface area (Å²) in [7, 11) is -3.73. The fourth-order valence-electron chi connectivity index (χ4n) is 2.90. The van der Waals surface area contributed by atoms with Crippen molar-refractivity contribution in [1.29, 1.82) is 0 Å². The first kappa shape index (κ1) is 21.3. The van der Waals surface area contributed by atoms with Gasteiger partial charge in [0.1, 0.15) is 0 Å². The van der Waals surface area contributed by atoms with E-state index >= 15 is 0 Å². The zero-order valence-corrected chi connectivity index (χ0v) is 16.7. The molecule has 1 aromatic rings.